The topological polar surface area (TPSA) is 37.8 Å². The fourth-order valence-electron chi connectivity index (χ4n) is 2.10. The average molecular weight is 310 g/mol. The van der Waals surface area contributed by atoms with E-state index in [-0.39, 0.29) is 11.0 Å². The van der Waals surface area contributed by atoms with E-state index in [0.29, 0.717) is 24.3 Å². The second kappa shape index (κ2) is 6.61. The van der Waals surface area contributed by atoms with E-state index in [1.165, 1.54) is 6.07 Å². The molecular formula is C13H19ClF3N3. The minimum absolute atomic E-state index is 0.101. The third-order valence-corrected chi connectivity index (χ3v) is 3.37. The lowest BCUT2D eigenvalue weighted by Gasteiger charge is -2.25. The van der Waals surface area contributed by atoms with Crippen LogP contribution in [0.25, 0.3) is 0 Å². The molecule has 1 rings (SSSR count). The number of hydrogen-bond acceptors (Lipinski definition) is 3. The lowest BCUT2D eigenvalue weighted by Crippen LogP contribution is -2.25. The van der Waals surface area contributed by atoms with Crippen LogP contribution in [0, 0.1) is 17.8 Å². The first-order valence-electron chi connectivity index (χ1n) is 6.47. The van der Waals surface area contributed by atoms with Gasteiger partial charge in [0.1, 0.15) is 11.0 Å². The second-order valence-corrected chi connectivity index (χ2v) is 5.82. The van der Waals surface area contributed by atoms with Gasteiger partial charge in [-0.2, -0.15) is 13.2 Å². The Kier molecular flexibility index (Phi) is 5.62. The highest BCUT2D eigenvalue weighted by atomic mass is 35.5. The van der Waals surface area contributed by atoms with E-state index >= 15 is 0 Å². The number of halogens is 4. The molecule has 1 aromatic rings. The molecule has 0 aliphatic heterocycles. The monoisotopic (exact) mass is 309 g/mol. The third-order valence-electron chi connectivity index (χ3n) is 3.18. The Bertz CT molecular complexity index is 439. The van der Waals surface area contributed by atoms with Crippen LogP contribution in [0.1, 0.15) is 33.5 Å². The van der Waals surface area contributed by atoms with Crippen LogP contribution < -0.4 is 5.32 Å². The molecule has 0 amide bonds. The Labute approximate surface area is 122 Å². The van der Waals surface area contributed by atoms with E-state index in [4.69, 9.17) is 11.6 Å². The molecule has 1 N–H and O–H groups in total. The van der Waals surface area contributed by atoms with Crippen molar-refractivity contribution < 1.29 is 13.2 Å². The minimum atomic E-state index is -4.60. The summed E-state index contributed by atoms with van der Waals surface area (Å²) in [4.78, 5) is 6.66. The highest BCUT2D eigenvalue weighted by Crippen LogP contribution is 2.28. The molecule has 0 bridgehead atoms. The van der Waals surface area contributed by atoms with Crippen molar-refractivity contribution in [1.29, 1.82) is 0 Å². The van der Waals surface area contributed by atoms with E-state index in [1.807, 2.05) is 0 Å². The first-order chi connectivity index (χ1) is 9.11. The Hall–Kier alpha value is -1.04. The third kappa shape index (κ3) is 4.81. The van der Waals surface area contributed by atoms with Gasteiger partial charge in [0.15, 0.2) is 0 Å². The van der Waals surface area contributed by atoms with Gasteiger partial charge in [0, 0.05) is 12.6 Å². The molecule has 7 heteroatoms. The summed E-state index contributed by atoms with van der Waals surface area (Å²) in [6, 6.07) is 1.30. The quantitative estimate of drug-likeness (QED) is 0.814. The highest BCUT2D eigenvalue weighted by molar-refractivity contribution is 6.29. The maximum Gasteiger partial charge on any atom is 0.451 e. The molecule has 1 heterocycles. The highest BCUT2D eigenvalue weighted by Gasteiger charge is 2.35. The largest absolute Gasteiger partial charge is 0.451 e. The van der Waals surface area contributed by atoms with Crippen molar-refractivity contribution in [3.05, 3.63) is 17.0 Å². The Morgan fingerprint density at radius 1 is 1.15 bits per heavy atom. The molecule has 1 aromatic heterocycles. The molecule has 0 radical (unpaired) electrons. The summed E-state index contributed by atoms with van der Waals surface area (Å²) in [5.41, 5.74) is 0. The van der Waals surface area contributed by atoms with Crippen molar-refractivity contribution in [1.82, 2.24) is 9.97 Å². The van der Waals surface area contributed by atoms with E-state index in [9.17, 15) is 13.2 Å². The number of nitrogens with zero attached hydrogens (tertiary/aromatic N) is 2. The van der Waals surface area contributed by atoms with Gasteiger partial charge in [0.2, 0.25) is 5.82 Å². The number of anilines is 1. The van der Waals surface area contributed by atoms with Crippen LogP contribution in [-0.4, -0.2) is 16.5 Å². The van der Waals surface area contributed by atoms with Crippen LogP contribution >= 0.6 is 11.6 Å². The van der Waals surface area contributed by atoms with Gasteiger partial charge in [-0.3, -0.25) is 0 Å². The molecule has 0 unspecified atom stereocenters. The summed E-state index contributed by atoms with van der Waals surface area (Å²) in [6.07, 6.45) is -4.60. The molecule has 0 atom stereocenters. The molecular weight excluding hydrogens is 291 g/mol. The predicted octanol–water partition coefficient (Wildman–Crippen LogP) is 4.49. The Balaban J connectivity index is 2.85. The molecule has 20 heavy (non-hydrogen) atoms. The molecule has 114 valence electrons. The lowest BCUT2D eigenvalue weighted by atomic mass is 9.85. The zero-order valence-corrected chi connectivity index (χ0v) is 12.7. The zero-order chi connectivity index (χ0) is 15.5. The summed E-state index contributed by atoms with van der Waals surface area (Å²) < 4.78 is 37.8. The molecule has 0 aliphatic carbocycles. The molecule has 0 aromatic carbocycles. The van der Waals surface area contributed by atoms with Gasteiger partial charge in [0.25, 0.3) is 0 Å². The molecule has 0 saturated carbocycles. The Morgan fingerprint density at radius 3 is 2.15 bits per heavy atom. The molecule has 0 aliphatic rings. The predicted molar refractivity (Wildman–Crippen MR) is 73.7 cm³/mol. The average Bonchev–Trinajstić information content (AvgIpc) is 2.26. The van der Waals surface area contributed by atoms with Crippen LogP contribution in [-0.2, 0) is 6.18 Å². The SMILES string of the molecule is CC(C)C(CNc1cc(Cl)nc(C(F)(F)F)n1)C(C)C. The van der Waals surface area contributed by atoms with Crippen molar-refractivity contribution in [2.75, 3.05) is 11.9 Å². The Morgan fingerprint density at radius 2 is 1.70 bits per heavy atom. The maximum absolute atomic E-state index is 12.6. The maximum atomic E-state index is 12.6. The van der Waals surface area contributed by atoms with Crippen molar-refractivity contribution in [3.63, 3.8) is 0 Å². The van der Waals surface area contributed by atoms with Gasteiger partial charge in [0.05, 0.1) is 0 Å². The summed E-state index contributed by atoms with van der Waals surface area (Å²) in [6.45, 7) is 8.88. The van der Waals surface area contributed by atoms with Crippen LogP contribution in [0.2, 0.25) is 5.15 Å². The molecule has 0 spiro atoms. The van der Waals surface area contributed by atoms with Crippen LogP contribution in [0.15, 0.2) is 6.07 Å². The van der Waals surface area contributed by atoms with Crippen molar-refractivity contribution >= 4 is 17.4 Å². The van der Waals surface area contributed by atoms with Gasteiger partial charge in [-0.1, -0.05) is 39.3 Å². The summed E-state index contributed by atoms with van der Waals surface area (Å²) in [5, 5.41) is 2.70. The lowest BCUT2D eigenvalue weighted by molar-refractivity contribution is -0.144. The fourth-order valence-corrected chi connectivity index (χ4v) is 2.28. The second-order valence-electron chi connectivity index (χ2n) is 5.43. The van der Waals surface area contributed by atoms with Gasteiger partial charge < -0.3 is 5.32 Å². The zero-order valence-electron chi connectivity index (χ0n) is 11.9. The van der Waals surface area contributed by atoms with Gasteiger partial charge in [-0.15, -0.1) is 0 Å². The first kappa shape index (κ1) is 17.0. The first-order valence-corrected chi connectivity index (χ1v) is 6.84. The van der Waals surface area contributed by atoms with Gasteiger partial charge >= 0.3 is 6.18 Å². The van der Waals surface area contributed by atoms with Crippen molar-refractivity contribution in [3.8, 4) is 0 Å². The van der Waals surface area contributed by atoms with Crippen LogP contribution in [0.3, 0.4) is 0 Å². The van der Waals surface area contributed by atoms with Crippen molar-refractivity contribution in [2.24, 2.45) is 17.8 Å². The van der Waals surface area contributed by atoms with E-state index in [1.54, 1.807) is 0 Å². The number of rotatable bonds is 5. The number of alkyl halides is 3. The molecule has 0 fully saturated rings. The van der Waals surface area contributed by atoms with Crippen molar-refractivity contribution in [2.45, 2.75) is 33.9 Å². The van der Waals surface area contributed by atoms with Gasteiger partial charge in [-0.25, -0.2) is 9.97 Å². The summed E-state index contributed by atoms with van der Waals surface area (Å²) >= 11 is 5.61. The van der Waals surface area contributed by atoms with E-state index in [0.717, 1.165) is 0 Å². The van der Waals surface area contributed by atoms with Crippen LogP contribution in [0.4, 0.5) is 19.0 Å². The smallest absolute Gasteiger partial charge is 0.370 e. The standard InChI is InChI=1S/C13H19ClF3N3/c1-7(2)9(8(3)4)6-18-11-5-10(14)19-12(20-11)13(15,16)17/h5,7-9H,6H2,1-4H3,(H,18,19,20). The number of aromatic nitrogens is 2. The molecule has 3 nitrogen and oxygen atoms in total. The van der Waals surface area contributed by atoms with Crippen LogP contribution in [0.5, 0.6) is 0 Å². The normalized spacial score (nSPS) is 12.6. The summed E-state index contributed by atoms with van der Waals surface area (Å²) in [5.74, 6) is 0.0450. The van der Waals surface area contributed by atoms with Gasteiger partial charge in [-0.05, 0) is 17.8 Å². The van der Waals surface area contributed by atoms with E-state index < -0.39 is 12.0 Å². The number of nitrogens with one attached hydrogen (secondary N) is 1. The van der Waals surface area contributed by atoms with E-state index in [2.05, 4.69) is 43.0 Å². The minimum Gasteiger partial charge on any atom is -0.370 e. The number of hydrogen-bond donors (Lipinski definition) is 1. The summed E-state index contributed by atoms with van der Waals surface area (Å²) in [7, 11) is 0. The molecule has 0 saturated heterocycles. The fraction of sp³-hybridized carbons (Fsp3) is 0.692.